The molecule has 1 aromatic rings. The van der Waals surface area contributed by atoms with Crippen LogP contribution in [0.4, 0.5) is 10.5 Å². The predicted molar refractivity (Wildman–Crippen MR) is 82.6 cm³/mol. The first-order valence-corrected chi connectivity index (χ1v) is 7.20. The zero-order valence-electron chi connectivity index (χ0n) is 11.9. The summed E-state index contributed by atoms with van der Waals surface area (Å²) in [6, 6.07) is 6.51. The van der Waals surface area contributed by atoms with Gasteiger partial charge in [-0.05, 0) is 24.3 Å². The van der Waals surface area contributed by atoms with E-state index < -0.39 is 0 Å². The molecule has 2 N–H and O–H groups in total. The third-order valence-electron chi connectivity index (χ3n) is 3.28. The van der Waals surface area contributed by atoms with Gasteiger partial charge in [0.1, 0.15) is 6.54 Å². The second kappa shape index (κ2) is 7.28. The molecule has 0 aliphatic carbocycles. The summed E-state index contributed by atoms with van der Waals surface area (Å²) >= 11 is 5.79. The van der Waals surface area contributed by atoms with Crippen molar-refractivity contribution in [3.05, 3.63) is 29.3 Å². The van der Waals surface area contributed by atoms with Crippen LogP contribution in [0.5, 0.6) is 0 Å². The highest BCUT2D eigenvalue weighted by Gasteiger charge is 2.19. The zero-order chi connectivity index (χ0) is 15.2. The van der Waals surface area contributed by atoms with Crippen LogP contribution < -0.4 is 10.6 Å². The minimum Gasteiger partial charge on any atom is -0.339 e. The number of benzene rings is 1. The Bertz CT molecular complexity index is 500. The van der Waals surface area contributed by atoms with Crippen LogP contribution in [-0.4, -0.2) is 61.5 Å². The van der Waals surface area contributed by atoms with E-state index in [1.165, 1.54) is 4.90 Å². The van der Waals surface area contributed by atoms with Gasteiger partial charge in [0.2, 0.25) is 5.91 Å². The minimum atomic E-state index is -0.319. The van der Waals surface area contributed by atoms with Gasteiger partial charge in [-0.25, -0.2) is 4.79 Å². The lowest BCUT2D eigenvalue weighted by atomic mass is 10.3. The highest BCUT2D eigenvalue weighted by atomic mass is 35.5. The van der Waals surface area contributed by atoms with Crippen LogP contribution in [0.25, 0.3) is 0 Å². The van der Waals surface area contributed by atoms with Gasteiger partial charge in [0.05, 0.1) is 0 Å². The number of amides is 3. The van der Waals surface area contributed by atoms with E-state index in [0.717, 1.165) is 13.1 Å². The number of carbonyl (C=O) groups excluding carboxylic acids is 2. The van der Waals surface area contributed by atoms with E-state index in [9.17, 15) is 9.59 Å². The smallest absolute Gasteiger partial charge is 0.322 e. The number of piperazine rings is 1. The Balaban J connectivity index is 1.84. The predicted octanol–water partition coefficient (Wildman–Crippen LogP) is 1.24. The Hall–Kier alpha value is -1.79. The minimum absolute atomic E-state index is 0.0368. The molecule has 6 nitrogen and oxygen atoms in total. The monoisotopic (exact) mass is 310 g/mol. The van der Waals surface area contributed by atoms with Crippen LogP contribution in [0.15, 0.2) is 24.3 Å². The Labute approximate surface area is 129 Å². The number of nitrogens with zero attached hydrogens (tertiary/aromatic N) is 2. The maximum absolute atomic E-state index is 12.1. The molecule has 2 rings (SSSR count). The molecular formula is C14H19ClN4O2. The lowest BCUT2D eigenvalue weighted by Gasteiger charge is -2.29. The maximum Gasteiger partial charge on any atom is 0.322 e. The first-order valence-electron chi connectivity index (χ1n) is 6.82. The number of hydrogen-bond donors (Lipinski definition) is 2. The highest BCUT2D eigenvalue weighted by Crippen LogP contribution is 2.13. The van der Waals surface area contributed by atoms with Gasteiger partial charge in [0, 0.05) is 43.9 Å². The molecule has 1 fully saturated rings. The highest BCUT2D eigenvalue weighted by molar-refractivity contribution is 6.30. The zero-order valence-corrected chi connectivity index (χ0v) is 12.7. The molecule has 114 valence electrons. The summed E-state index contributed by atoms with van der Waals surface area (Å²) < 4.78 is 0. The SMILES string of the molecule is CN(CC(=O)N1CCNCC1)C(=O)Nc1ccc(Cl)cc1. The fraction of sp³-hybridized carbons (Fsp3) is 0.429. The molecule has 1 heterocycles. The van der Waals surface area contributed by atoms with E-state index in [1.54, 1.807) is 36.2 Å². The van der Waals surface area contributed by atoms with Crippen LogP contribution in [0.3, 0.4) is 0 Å². The van der Waals surface area contributed by atoms with Gasteiger partial charge in [-0.3, -0.25) is 4.79 Å². The molecule has 1 aromatic carbocycles. The van der Waals surface area contributed by atoms with Gasteiger partial charge in [-0.1, -0.05) is 11.6 Å². The Morgan fingerprint density at radius 3 is 2.52 bits per heavy atom. The Morgan fingerprint density at radius 2 is 1.90 bits per heavy atom. The summed E-state index contributed by atoms with van der Waals surface area (Å²) in [4.78, 5) is 27.2. The van der Waals surface area contributed by atoms with Gasteiger partial charge < -0.3 is 20.4 Å². The number of urea groups is 1. The van der Waals surface area contributed by atoms with Crippen molar-refractivity contribution in [1.29, 1.82) is 0 Å². The molecule has 7 heteroatoms. The van der Waals surface area contributed by atoms with Crippen molar-refractivity contribution < 1.29 is 9.59 Å². The van der Waals surface area contributed by atoms with Crippen molar-refractivity contribution in [2.45, 2.75) is 0 Å². The number of halogens is 1. The van der Waals surface area contributed by atoms with Crippen LogP contribution in [0.1, 0.15) is 0 Å². The van der Waals surface area contributed by atoms with Gasteiger partial charge in [0.15, 0.2) is 0 Å². The average Bonchev–Trinajstić information content (AvgIpc) is 2.50. The van der Waals surface area contributed by atoms with Gasteiger partial charge >= 0.3 is 6.03 Å². The third-order valence-corrected chi connectivity index (χ3v) is 3.54. The topological polar surface area (TPSA) is 64.7 Å². The molecule has 1 aliphatic rings. The molecule has 1 aliphatic heterocycles. The molecular weight excluding hydrogens is 292 g/mol. The number of anilines is 1. The number of nitrogens with one attached hydrogen (secondary N) is 2. The van der Waals surface area contributed by atoms with E-state index in [-0.39, 0.29) is 18.5 Å². The lowest BCUT2D eigenvalue weighted by molar-refractivity contribution is -0.132. The fourth-order valence-corrected chi connectivity index (χ4v) is 2.17. The van der Waals surface area contributed by atoms with Gasteiger partial charge in [-0.2, -0.15) is 0 Å². The molecule has 0 radical (unpaired) electrons. The summed E-state index contributed by atoms with van der Waals surface area (Å²) in [5.41, 5.74) is 0.644. The molecule has 3 amide bonds. The molecule has 21 heavy (non-hydrogen) atoms. The number of hydrogen-bond acceptors (Lipinski definition) is 3. The van der Waals surface area contributed by atoms with E-state index >= 15 is 0 Å². The van der Waals surface area contributed by atoms with Crippen molar-refractivity contribution in [3.63, 3.8) is 0 Å². The first kappa shape index (κ1) is 15.6. The van der Waals surface area contributed by atoms with E-state index in [2.05, 4.69) is 10.6 Å². The van der Waals surface area contributed by atoms with Gasteiger partial charge in [-0.15, -0.1) is 0 Å². The molecule has 0 bridgehead atoms. The average molecular weight is 311 g/mol. The Morgan fingerprint density at radius 1 is 1.29 bits per heavy atom. The van der Waals surface area contributed by atoms with Crippen LogP contribution >= 0.6 is 11.6 Å². The summed E-state index contributed by atoms with van der Waals surface area (Å²) in [7, 11) is 1.60. The van der Waals surface area contributed by atoms with E-state index in [0.29, 0.717) is 23.8 Å². The third kappa shape index (κ3) is 4.61. The largest absolute Gasteiger partial charge is 0.339 e. The molecule has 0 unspecified atom stereocenters. The van der Waals surface area contributed by atoms with E-state index in [1.807, 2.05) is 0 Å². The van der Waals surface area contributed by atoms with Crippen molar-refractivity contribution >= 4 is 29.2 Å². The molecule has 0 spiro atoms. The summed E-state index contributed by atoms with van der Waals surface area (Å²) in [6.07, 6.45) is 0. The quantitative estimate of drug-likeness (QED) is 0.883. The number of carbonyl (C=O) groups is 2. The standard InChI is InChI=1S/C14H19ClN4O2/c1-18(10-13(20)19-8-6-16-7-9-19)14(21)17-12-4-2-11(15)3-5-12/h2-5,16H,6-10H2,1H3,(H,17,21). The normalized spacial score (nSPS) is 14.7. The second-order valence-electron chi connectivity index (χ2n) is 4.92. The van der Waals surface area contributed by atoms with Crippen molar-refractivity contribution in [3.8, 4) is 0 Å². The Kier molecular flexibility index (Phi) is 5.41. The van der Waals surface area contributed by atoms with Crippen LogP contribution in [0, 0.1) is 0 Å². The second-order valence-corrected chi connectivity index (χ2v) is 5.36. The van der Waals surface area contributed by atoms with Crippen LogP contribution in [-0.2, 0) is 4.79 Å². The first-order chi connectivity index (χ1) is 10.1. The van der Waals surface area contributed by atoms with Crippen molar-refractivity contribution in [1.82, 2.24) is 15.1 Å². The summed E-state index contributed by atoms with van der Waals surface area (Å²) in [5, 5.41) is 6.51. The van der Waals surface area contributed by atoms with E-state index in [4.69, 9.17) is 11.6 Å². The summed E-state index contributed by atoms with van der Waals surface area (Å²) in [5.74, 6) is -0.0368. The number of likely N-dealkylation sites (N-methyl/N-ethyl adjacent to an activating group) is 1. The van der Waals surface area contributed by atoms with Crippen molar-refractivity contribution in [2.24, 2.45) is 0 Å². The molecule has 1 saturated heterocycles. The number of rotatable bonds is 3. The maximum atomic E-state index is 12.1. The lowest BCUT2D eigenvalue weighted by Crippen LogP contribution is -2.50. The fourth-order valence-electron chi connectivity index (χ4n) is 2.04. The summed E-state index contributed by atoms with van der Waals surface area (Å²) in [6.45, 7) is 3.04. The van der Waals surface area contributed by atoms with Crippen molar-refractivity contribution in [2.75, 3.05) is 45.1 Å². The molecule has 0 aromatic heterocycles. The van der Waals surface area contributed by atoms with Crippen LogP contribution in [0.2, 0.25) is 5.02 Å². The molecule has 0 atom stereocenters. The molecule has 0 saturated carbocycles. The van der Waals surface area contributed by atoms with Gasteiger partial charge in [0.25, 0.3) is 0 Å².